The third-order valence-electron chi connectivity index (χ3n) is 2.51. The van der Waals surface area contributed by atoms with Crippen LogP contribution in [-0.4, -0.2) is 28.5 Å². The molecule has 1 aromatic heterocycles. The second-order valence-corrected chi connectivity index (χ2v) is 4.09. The van der Waals surface area contributed by atoms with Gasteiger partial charge >= 0.3 is 0 Å². The Morgan fingerprint density at radius 2 is 2.33 bits per heavy atom. The minimum Gasteiger partial charge on any atom is -0.393 e. The van der Waals surface area contributed by atoms with E-state index in [9.17, 15) is 5.11 Å². The van der Waals surface area contributed by atoms with Crippen molar-refractivity contribution < 1.29 is 14.4 Å². The fourth-order valence-corrected chi connectivity index (χ4v) is 1.63. The number of ether oxygens (including phenoxy) is 1. The monoisotopic (exact) mass is 212 g/mol. The Morgan fingerprint density at radius 1 is 1.60 bits per heavy atom. The van der Waals surface area contributed by atoms with Crippen molar-refractivity contribution in [1.29, 1.82) is 0 Å². The Kier molecular flexibility index (Phi) is 3.02. The molecule has 0 radical (unpaired) electrons. The maximum Gasteiger partial charge on any atom is 0.229 e. The van der Waals surface area contributed by atoms with Gasteiger partial charge in [-0.25, -0.2) is 0 Å². The third-order valence-corrected chi connectivity index (χ3v) is 2.51. The van der Waals surface area contributed by atoms with Crippen molar-refractivity contribution in [3.8, 4) is 0 Å². The molecule has 1 heterocycles. The minimum atomic E-state index is -0.458. The van der Waals surface area contributed by atoms with Crippen molar-refractivity contribution >= 4 is 0 Å². The number of aliphatic hydroxyl groups is 1. The average molecular weight is 212 g/mol. The molecule has 0 amide bonds. The highest BCUT2D eigenvalue weighted by Gasteiger charge is 2.35. The molecule has 0 bridgehead atoms. The van der Waals surface area contributed by atoms with Gasteiger partial charge in [0.05, 0.1) is 12.5 Å². The van der Waals surface area contributed by atoms with Crippen LogP contribution >= 0.6 is 0 Å². The third kappa shape index (κ3) is 2.54. The van der Waals surface area contributed by atoms with E-state index in [1.54, 1.807) is 14.0 Å². The molecule has 1 fully saturated rings. The predicted molar refractivity (Wildman–Crippen MR) is 52.2 cm³/mol. The molecular weight excluding hydrogens is 196 g/mol. The topological polar surface area (TPSA) is 68.4 Å². The lowest BCUT2D eigenvalue weighted by Gasteiger charge is -2.08. The lowest BCUT2D eigenvalue weighted by Crippen LogP contribution is -2.07. The highest BCUT2D eigenvalue weighted by Crippen LogP contribution is 2.41. The Balaban J connectivity index is 2.04. The molecule has 2 rings (SSSR count). The summed E-state index contributed by atoms with van der Waals surface area (Å²) < 4.78 is 10.4. The summed E-state index contributed by atoms with van der Waals surface area (Å²) in [6.07, 6.45) is 2.22. The van der Waals surface area contributed by atoms with Crippen molar-refractivity contribution in [3.05, 3.63) is 11.7 Å². The summed E-state index contributed by atoms with van der Waals surface area (Å²) in [7, 11) is 1.66. The van der Waals surface area contributed by atoms with Crippen LogP contribution in [0.25, 0.3) is 0 Å². The number of methoxy groups -OCH3 is 1. The summed E-state index contributed by atoms with van der Waals surface area (Å²) in [6.45, 7) is 1.69. The second kappa shape index (κ2) is 4.28. The van der Waals surface area contributed by atoms with Crippen molar-refractivity contribution in [1.82, 2.24) is 10.1 Å². The molecule has 1 aliphatic rings. The van der Waals surface area contributed by atoms with Gasteiger partial charge in [0.25, 0.3) is 0 Å². The van der Waals surface area contributed by atoms with Gasteiger partial charge < -0.3 is 14.4 Å². The van der Waals surface area contributed by atoms with Crippen molar-refractivity contribution in [3.63, 3.8) is 0 Å². The molecule has 1 aliphatic carbocycles. The van der Waals surface area contributed by atoms with Gasteiger partial charge in [0.1, 0.15) is 6.10 Å². The molecule has 2 unspecified atom stereocenters. The fraction of sp³-hybridized carbons (Fsp3) is 0.800. The molecule has 1 saturated carbocycles. The summed E-state index contributed by atoms with van der Waals surface area (Å²) in [6, 6.07) is 0. The lowest BCUT2D eigenvalue weighted by atomic mass is 10.2. The van der Waals surface area contributed by atoms with Crippen LogP contribution in [0.2, 0.25) is 0 Å². The maximum absolute atomic E-state index is 9.17. The zero-order chi connectivity index (χ0) is 10.8. The Hall–Kier alpha value is -0.940. The van der Waals surface area contributed by atoms with E-state index in [2.05, 4.69) is 10.1 Å². The van der Waals surface area contributed by atoms with Crippen LogP contribution < -0.4 is 0 Å². The molecule has 15 heavy (non-hydrogen) atoms. The zero-order valence-corrected chi connectivity index (χ0v) is 9.01. The second-order valence-electron chi connectivity index (χ2n) is 4.09. The fourth-order valence-electron chi connectivity index (χ4n) is 1.63. The Labute approximate surface area is 88.4 Å². The SMILES string of the molecule is COC(c1noc(CC(C)O)n1)C1CC1. The Bertz CT molecular complexity index is 320. The molecule has 1 aromatic rings. The molecule has 0 spiro atoms. The van der Waals surface area contributed by atoms with Gasteiger partial charge in [-0.3, -0.25) is 0 Å². The molecule has 5 heteroatoms. The number of aliphatic hydroxyl groups excluding tert-OH is 1. The average Bonchev–Trinajstić information content (AvgIpc) is 2.89. The number of nitrogens with zero attached hydrogens (tertiary/aromatic N) is 2. The van der Waals surface area contributed by atoms with E-state index < -0.39 is 6.10 Å². The van der Waals surface area contributed by atoms with Crippen molar-refractivity contribution in [2.75, 3.05) is 7.11 Å². The first kappa shape index (κ1) is 10.6. The van der Waals surface area contributed by atoms with Crippen LogP contribution in [-0.2, 0) is 11.2 Å². The van der Waals surface area contributed by atoms with E-state index in [1.165, 1.54) is 12.8 Å². The first-order valence-electron chi connectivity index (χ1n) is 5.24. The quantitative estimate of drug-likeness (QED) is 0.791. The van der Waals surface area contributed by atoms with Gasteiger partial charge in [-0.05, 0) is 25.7 Å². The van der Waals surface area contributed by atoms with E-state index in [1.807, 2.05) is 0 Å². The molecule has 1 N–H and O–H groups in total. The van der Waals surface area contributed by atoms with Crippen molar-refractivity contribution in [2.45, 2.75) is 38.4 Å². The van der Waals surface area contributed by atoms with Gasteiger partial charge in [-0.15, -0.1) is 0 Å². The summed E-state index contributed by atoms with van der Waals surface area (Å²) >= 11 is 0. The summed E-state index contributed by atoms with van der Waals surface area (Å²) in [5.74, 6) is 1.62. The van der Waals surface area contributed by atoms with Crippen LogP contribution in [0.4, 0.5) is 0 Å². The van der Waals surface area contributed by atoms with Gasteiger partial charge in [0, 0.05) is 7.11 Å². The number of rotatable bonds is 5. The molecule has 0 saturated heterocycles. The summed E-state index contributed by atoms with van der Waals surface area (Å²) in [4.78, 5) is 4.22. The number of aromatic nitrogens is 2. The molecular formula is C10H16N2O3. The zero-order valence-electron chi connectivity index (χ0n) is 9.01. The van der Waals surface area contributed by atoms with Gasteiger partial charge in [0.15, 0.2) is 0 Å². The summed E-state index contributed by atoms with van der Waals surface area (Å²) in [5.41, 5.74) is 0. The van der Waals surface area contributed by atoms with E-state index in [0.29, 0.717) is 24.1 Å². The van der Waals surface area contributed by atoms with Crippen LogP contribution in [0.15, 0.2) is 4.52 Å². The van der Waals surface area contributed by atoms with Crippen molar-refractivity contribution in [2.24, 2.45) is 5.92 Å². The van der Waals surface area contributed by atoms with E-state index >= 15 is 0 Å². The van der Waals surface area contributed by atoms with E-state index in [0.717, 1.165) is 0 Å². The van der Waals surface area contributed by atoms with Crippen LogP contribution in [0.3, 0.4) is 0 Å². The van der Waals surface area contributed by atoms with Crippen LogP contribution in [0, 0.1) is 5.92 Å². The number of hydrogen-bond donors (Lipinski definition) is 1. The van der Waals surface area contributed by atoms with Crippen LogP contribution in [0.5, 0.6) is 0 Å². The predicted octanol–water partition coefficient (Wildman–Crippen LogP) is 1.09. The highest BCUT2D eigenvalue weighted by atomic mass is 16.5. The lowest BCUT2D eigenvalue weighted by molar-refractivity contribution is 0.0751. The normalized spacial score (nSPS) is 20.2. The standard InChI is InChI=1S/C10H16N2O3/c1-6(13)5-8-11-10(12-15-8)9(14-2)7-3-4-7/h6-7,9,13H,3-5H2,1-2H3. The Morgan fingerprint density at radius 3 is 2.87 bits per heavy atom. The van der Waals surface area contributed by atoms with Crippen LogP contribution in [0.1, 0.15) is 37.6 Å². The molecule has 84 valence electrons. The number of hydrogen-bond acceptors (Lipinski definition) is 5. The summed E-state index contributed by atoms with van der Waals surface area (Å²) in [5, 5.41) is 13.1. The molecule has 2 atom stereocenters. The molecule has 0 aromatic carbocycles. The highest BCUT2D eigenvalue weighted by molar-refractivity contribution is 4.98. The van der Waals surface area contributed by atoms with E-state index in [-0.39, 0.29) is 6.10 Å². The first-order valence-corrected chi connectivity index (χ1v) is 5.24. The van der Waals surface area contributed by atoms with Gasteiger partial charge in [-0.2, -0.15) is 4.98 Å². The molecule has 0 aliphatic heterocycles. The molecule has 5 nitrogen and oxygen atoms in total. The largest absolute Gasteiger partial charge is 0.393 e. The van der Waals surface area contributed by atoms with E-state index in [4.69, 9.17) is 9.26 Å². The maximum atomic E-state index is 9.17. The van der Waals surface area contributed by atoms with Gasteiger partial charge in [0.2, 0.25) is 11.7 Å². The first-order chi connectivity index (χ1) is 7.20. The smallest absolute Gasteiger partial charge is 0.229 e. The minimum absolute atomic E-state index is 0.0449. The van der Waals surface area contributed by atoms with Gasteiger partial charge in [-0.1, -0.05) is 5.16 Å².